The molecule has 2 rings (SSSR count). The fourth-order valence-corrected chi connectivity index (χ4v) is 2.47. The van der Waals surface area contributed by atoms with Gasteiger partial charge in [-0.25, -0.2) is 0 Å². The summed E-state index contributed by atoms with van der Waals surface area (Å²) < 4.78 is 16.6. The molecule has 1 heterocycles. The maximum absolute atomic E-state index is 11.9. The molecule has 1 aliphatic rings. The van der Waals surface area contributed by atoms with Crippen molar-refractivity contribution in [3.63, 3.8) is 0 Å². The third-order valence-electron chi connectivity index (χ3n) is 3.95. The lowest BCUT2D eigenvalue weighted by molar-refractivity contribution is -0.237. The number of hydrogen-bond donors (Lipinski definition) is 1. The van der Waals surface area contributed by atoms with Gasteiger partial charge in [0.15, 0.2) is 6.29 Å². The van der Waals surface area contributed by atoms with E-state index in [1.807, 2.05) is 32.9 Å². The number of carbonyl (C=O) groups is 1. The number of carbonyl (C=O) groups excluding carboxylic acids is 1. The summed E-state index contributed by atoms with van der Waals surface area (Å²) in [5, 5.41) is 9.50. The van der Waals surface area contributed by atoms with E-state index in [0.29, 0.717) is 26.1 Å². The average molecular weight is 322 g/mol. The molecule has 1 saturated heterocycles. The van der Waals surface area contributed by atoms with E-state index >= 15 is 0 Å². The first kappa shape index (κ1) is 17.8. The van der Waals surface area contributed by atoms with Crippen LogP contribution >= 0.6 is 0 Å². The number of phenols is 1. The zero-order valence-corrected chi connectivity index (χ0v) is 14.1. The summed E-state index contributed by atoms with van der Waals surface area (Å²) in [7, 11) is 0. The fraction of sp³-hybridized carbons (Fsp3) is 0.611. The highest BCUT2D eigenvalue weighted by atomic mass is 16.7. The standard InChI is InChI=1S/C18H26O5/c1-13-11-14(5-7-15(13)19)6-8-16(20)23-12-18(2,3)17-21-9-4-10-22-17/h5,7,11,17,19H,4,6,8-10,12H2,1-3H3. The summed E-state index contributed by atoms with van der Waals surface area (Å²) in [5.41, 5.74) is 1.45. The van der Waals surface area contributed by atoms with Crippen molar-refractivity contribution in [2.45, 2.75) is 46.3 Å². The number of esters is 1. The van der Waals surface area contributed by atoms with E-state index in [4.69, 9.17) is 14.2 Å². The maximum Gasteiger partial charge on any atom is 0.306 e. The van der Waals surface area contributed by atoms with Gasteiger partial charge in [-0.1, -0.05) is 26.0 Å². The molecule has 0 atom stereocenters. The molecular formula is C18H26O5. The molecule has 1 N–H and O–H groups in total. The number of hydrogen-bond acceptors (Lipinski definition) is 5. The molecule has 128 valence electrons. The van der Waals surface area contributed by atoms with Crippen molar-refractivity contribution in [2.75, 3.05) is 19.8 Å². The minimum Gasteiger partial charge on any atom is -0.508 e. The molecule has 0 aliphatic carbocycles. The molecule has 0 spiro atoms. The normalized spacial score (nSPS) is 16.3. The van der Waals surface area contributed by atoms with E-state index in [2.05, 4.69) is 0 Å². The topological polar surface area (TPSA) is 65.0 Å². The molecule has 5 heteroatoms. The summed E-state index contributed by atoms with van der Waals surface area (Å²) in [6.07, 6.45) is 1.48. The molecule has 1 aromatic rings. The predicted octanol–water partition coefficient (Wildman–Crippen LogP) is 2.97. The highest BCUT2D eigenvalue weighted by Gasteiger charge is 2.34. The minimum atomic E-state index is -0.370. The second kappa shape index (κ2) is 7.79. The second-order valence-corrected chi connectivity index (χ2v) is 6.70. The summed E-state index contributed by atoms with van der Waals surface area (Å²) in [4.78, 5) is 11.9. The van der Waals surface area contributed by atoms with Gasteiger partial charge >= 0.3 is 5.97 Å². The van der Waals surface area contributed by atoms with Crippen molar-refractivity contribution in [1.29, 1.82) is 0 Å². The Hall–Kier alpha value is -1.59. The third kappa shape index (κ3) is 5.22. The van der Waals surface area contributed by atoms with Crippen molar-refractivity contribution in [3.05, 3.63) is 29.3 Å². The van der Waals surface area contributed by atoms with Gasteiger partial charge in [0, 0.05) is 11.8 Å². The number of rotatable bonds is 6. The van der Waals surface area contributed by atoms with Crippen molar-refractivity contribution < 1.29 is 24.1 Å². The number of aryl methyl sites for hydroxylation is 2. The van der Waals surface area contributed by atoms with E-state index in [1.54, 1.807) is 6.07 Å². The Bertz CT molecular complexity index is 532. The van der Waals surface area contributed by atoms with Gasteiger partial charge in [0.25, 0.3) is 0 Å². The molecule has 0 amide bonds. The van der Waals surface area contributed by atoms with Gasteiger partial charge < -0.3 is 19.3 Å². The lowest BCUT2D eigenvalue weighted by Crippen LogP contribution is -2.41. The van der Waals surface area contributed by atoms with Gasteiger partial charge in [-0.2, -0.15) is 0 Å². The van der Waals surface area contributed by atoms with E-state index in [-0.39, 0.29) is 30.0 Å². The van der Waals surface area contributed by atoms with E-state index in [0.717, 1.165) is 17.5 Å². The van der Waals surface area contributed by atoms with Crippen molar-refractivity contribution in [1.82, 2.24) is 0 Å². The molecule has 1 aliphatic heterocycles. The van der Waals surface area contributed by atoms with E-state index < -0.39 is 0 Å². The summed E-state index contributed by atoms with van der Waals surface area (Å²) in [6.45, 7) is 7.42. The van der Waals surface area contributed by atoms with Crippen LogP contribution in [-0.2, 0) is 25.4 Å². The molecular weight excluding hydrogens is 296 g/mol. The van der Waals surface area contributed by atoms with Gasteiger partial charge in [-0.05, 0) is 37.0 Å². The molecule has 1 fully saturated rings. The first-order chi connectivity index (χ1) is 10.9. The van der Waals surface area contributed by atoms with Gasteiger partial charge in [-0.3, -0.25) is 4.79 Å². The van der Waals surface area contributed by atoms with Crippen LogP contribution < -0.4 is 0 Å². The molecule has 0 unspecified atom stereocenters. The number of benzene rings is 1. The molecule has 1 aromatic carbocycles. The van der Waals surface area contributed by atoms with Gasteiger partial charge in [-0.15, -0.1) is 0 Å². The van der Waals surface area contributed by atoms with E-state index in [9.17, 15) is 9.90 Å². The Morgan fingerprint density at radius 1 is 1.35 bits per heavy atom. The SMILES string of the molecule is Cc1cc(CCC(=O)OCC(C)(C)C2OCCCO2)ccc1O. The molecule has 23 heavy (non-hydrogen) atoms. The van der Waals surface area contributed by atoms with Crippen molar-refractivity contribution >= 4 is 5.97 Å². The van der Waals surface area contributed by atoms with Crippen LogP contribution in [0.2, 0.25) is 0 Å². The van der Waals surface area contributed by atoms with Crippen LogP contribution in [0.25, 0.3) is 0 Å². The van der Waals surface area contributed by atoms with Gasteiger partial charge in [0.1, 0.15) is 12.4 Å². The lowest BCUT2D eigenvalue weighted by Gasteiger charge is -2.35. The van der Waals surface area contributed by atoms with Crippen LogP contribution in [0.3, 0.4) is 0 Å². The first-order valence-corrected chi connectivity index (χ1v) is 8.06. The third-order valence-corrected chi connectivity index (χ3v) is 3.95. The van der Waals surface area contributed by atoms with Crippen LogP contribution in [-0.4, -0.2) is 37.2 Å². The second-order valence-electron chi connectivity index (χ2n) is 6.70. The van der Waals surface area contributed by atoms with Crippen LogP contribution in [0.5, 0.6) is 5.75 Å². The van der Waals surface area contributed by atoms with Gasteiger partial charge in [0.05, 0.1) is 13.2 Å². The Labute approximate surface area is 137 Å². The number of aromatic hydroxyl groups is 1. The molecule has 5 nitrogen and oxygen atoms in total. The zero-order chi connectivity index (χ0) is 16.9. The van der Waals surface area contributed by atoms with E-state index in [1.165, 1.54) is 0 Å². The Kier molecular flexibility index (Phi) is 6.02. The monoisotopic (exact) mass is 322 g/mol. The largest absolute Gasteiger partial charge is 0.508 e. The molecule has 0 saturated carbocycles. The summed E-state index contributed by atoms with van der Waals surface area (Å²) in [6, 6.07) is 5.36. The molecule has 0 aromatic heterocycles. The Morgan fingerprint density at radius 2 is 2.04 bits per heavy atom. The van der Waals surface area contributed by atoms with Crippen molar-refractivity contribution in [3.8, 4) is 5.75 Å². The van der Waals surface area contributed by atoms with Crippen LogP contribution in [0, 0.1) is 12.3 Å². The highest BCUT2D eigenvalue weighted by Crippen LogP contribution is 2.27. The maximum atomic E-state index is 11.9. The van der Waals surface area contributed by atoms with Gasteiger partial charge in [0.2, 0.25) is 0 Å². The lowest BCUT2D eigenvalue weighted by atomic mass is 9.93. The number of phenolic OH excluding ortho intramolecular Hbond substituents is 1. The fourth-order valence-electron chi connectivity index (χ4n) is 2.47. The quantitative estimate of drug-likeness (QED) is 0.816. The van der Waals surface area contributed by atoms with Crippen LogP contribution in [0.15, 0.2) is 18.2 Å². The Balaban J connectivity index is 1.76. The zero-order valence-electron chi connectivity index (χ0n) is 14.1. The first-order valence-electron chi connectivity index (χ1n) is 8.06. The highest BCUT2D eigenvalue weighted by molar-refractivity contribution is 5.69. The summed E-state index contributed by atoms with van der Waals surface area (Å²) in [5.74, 6) is 0.0326. The summed E-state index contributed by atoms with van der Waals surface area (Å²) >= 11 is 0. The number of ether oxygens (including phenoxy) is 3. The van der Waals surface area contributed by atoms with Crippen molar-refractivity contribution in [2.24, 2.45) is 5.41 Å². The predicted molar refractivity (Wildman–Crippen MR) is 86.2 cm³/mol. The van der Waals surface area contributed by atoms with Crippen LogP contribution in [0.4, 0.5) is 0 Å². The Morgan fingerprint density at radius 3 is 2.70 bits per heavy atom. The average Bonchev–Trinajstić information content (AvgIpc) is 2.55. The van der Waals surface area contributed by atoms with Crippen LogP contribution in [0.1, 0.15) is 37.8 Å². The molecule has 0 radical (unpaired) electrons. The molecule has 0 bridgehead atoms. The minimum absolute atomic E-state index is 0.236. The smallest absolute Gasteiger partial charge is 0.306 e.